The molecule has 0 aliphatic carbocycles. The van der Waals surface area contributed by atoms with Gasteiger partial charge in [0.25, 0.3) is 0 Å². The molecule has 0 saturated heterocycles. The molecule has 1 N–H and O–H groups in total. The van der Waals surface area contributed by atoms with Crippen LogP contribution < -0.4 is 14.8 Å². The van der Waals surface area contributed by atoms with Crippen molar-refractivity contribution < 1.29 is 14.3 Å². The second kappa shape index (κ2) is 9.12. The van der Waals surface area contributed by atoms with E-state index in [2.05, 4.69) is 39.9 Å². The molecule has 0 saturated carbocycles. The second-order valence-corrected chi connectivity index (χ2v) is 8.84. The number of carbonyl (C=O) groups is 1. The minimum absolute atomic E-state index is 0.00267. The topological polar surface area (TPSA) is 50.8 Å². The number of nitrogens with zero attached hydrogens (tertiary/aromatic N) is 1. The van der Waals surface area contributed by atoms with Crippen molar-refractivity contribution in [2.45, 2.75) is 26.3 Å². The minimum Gasteiger partial charge on any atom is -0.493 e. The zero-order chi connectivity index (χ0) is 22.0. The lowest BCUT2D eigenvalue weighted by molar-refractivity contribution is -0.117. The smallest absolute Gasteiger partial charge is 0.238 e. The highest BCUT2D eigenvalue weighted by molar-refractivity contribution is 7.10. The molecule has 1 unspecified atom stereocenters. The van der Waals surface area contributed by atoms with Crippen LogP contribution in [0.15, 0.2) is 47.8 Å². The summed E-state index contributed by atoms with van der Waals surface area (Å²) in [5.74, 6) is 1.46. The van der Waals surface area contributed by atoms with Gasteiger partial charge in [-0.05, 0) is 66.1 Å². The molecule has 2 aromatic carbocycles. The van der Waals surface area contributed by atoms with Crippen LogP contribution in [0.2, 0.25) is 0 Å². The molecule has 1 aromatic heterocycles. The van der Waals surface area contributed by atoms with Crippen molar-refractivity contribution in [2.75, 3.05) is 32.6 Å². The fourth-order valence-electron chi connectivity index (χ4n) is 4.32. The van der Waals surface area contributed by atoms with Crippen LogP contribution >= 0.6 is 11.3 Å². The van der Waals surface area contributed by atoms with Gasteiger partial charge in [0.2, 0.25) is 5.91 Å². The maximum Gasteiger partial charge on any atom is 0.238 e. The number of fused-ring (bicyclic) bond motifs is 1. The van der Waals surface area contributed by atoms with Gasteiger partial charge in [0.05, 0.1) is 26.8 Å². The standard InChI is InChI=1S/C25H28N2O3S/c1-16-7-5-8-17(2)24(16)26-23(28)15-27-11-10-18-13-20(29-3)21(30-4)14-19(18)25(27)22-9-6-12-31-22/h5-9,12-14,25H,10-11,15H2,1-4H3,(H,26,28). The number of nitrogens with one attached hydrogen (secondary N) is 1. The molecule has 2 heterocycles. The Bertz CT molecular complexity index is 1060. The van der Waals surface area contributed by atoms with Crippen LogP contribution in [0.5, 0.6) is 11.5 Å². The summed E-state index contributed by atoms with van der Waals surface area (Å²) in [6, 6.07) is 14.4. The maximum absolute atomic E-state index is 13.0. The van der Waals surface area contributed by atoms with Crippen LogP contribution in [0, 0.1) is 13.8 Å². The van der Waals surface area contributed by atoms with Crippen molar-refractivity contribution in [2.24, 2.45) is 0 Å². The average Bonchev–Trinajstić information content (AvgIpc) is 3.29. The molecule has 31 heavy (non-hydrogen) atoms. The van der Waals surface area contributed by atoms with Crippen LogP contribution in [0.3, 0.4) is 0 Å². The molecule has 5 nitrogen and oxygen atoms in total. The fraction of sp³-hybridized carbons (Fsp3) is 0.320. The van der Waals surface area contributed by atoms with Gasteiger partial charge in [-0.2, -0.15) is 0 Å². The Morgan fingerprint density at radius 3 is 2.45 bits per heavy atom. The Labute approximate surface area is 187 Å². The molecule has 1 atom stereocenters. The van der Waals surface area contributed by atoms with Crippen LogP contribution in [0.4, 0.5) is 5.69 Å². The van der Waals surface area contributed by atoms with E-state index in [1.165, 1.54) is 16.0 Å². The van der Waals surface area contributed by atoms with Crippen LogP contribution in [0.25, 0.3) is 0 Å². The van der Waals surface area contributed by atoms with E-state index in [0.29, 0.717) is 12.3 Å². The third-order valence-electron chi connectivity index (χ3n) is 5.88. The van der Waals surface area contributed by atoms with Gasteiger partial charge in [-0.3, -0.25) is 9.69 Å². The number of hydrogen-bond donors (Lipinski definition) is 1. The molecule has 6 heteroatoms. The Morgan fingerprint density at radius 2 is 1.81 bits per heavy atom. The number of carbonyl (C=O) groups excluding carboxylic acids is 1. The fourth-order valence-corrected chi connectivity index (χ4v) is 5.20. The Kier molecular flexibility index (Phi) is 6.30. The predicted octanol–water partition coefficient (Wildman–Crippen LogP) is 4.97. The van der Waals surface area contributed by atoms with Crippen LogP contribution in [0.1, 0.15) is 33.2 Å². The number of rotatable bonds is 6. The predicted molar refractivity (Wildman–Crippen MR) is 126 cm³/mol. The number of para-hydroxylation sites is 1. The first-order valence-corrected chi connectivity index (χ1v) is 11.3. The molecular weight excluding hydrogens is 408 g/mol. The largest absolute Gasteiger partial charge is 0.493 e. The van der Waals surface area contributed by atoms with Gasteiger partial charge in [0.1, 0.15) is 0 Å². The lowest BCUT2D eigenvalue weighted by atomic mass is 9.91. The summed E-state index contributed by atoms with van der Waals surface area (Å²) in [7, 11) is 3.32. The van der Waals surface area contributed by atoms with Crippen LogP contribution in [-0.4, -0.2) is 38.1 Å². The van der Waals surface area contributed by atoms with E-state index < -0.39 is 0 Å². The zero-order valence-electron chi connectivity index (χ0n) is 18.4. The van der Waals surface area contributed by atoms with Crippen molar-refractivity contribution in [3.63, 3.8) is 0 Å². The number of methoxy groups -OCH3 is 2. The van der Waals surface area contributed by atoms with Gasteiger partial charge < -0.3 is 14.8 Å². The number of amides is 1. The molecule has 1 aliphatic heterocycles. The third kappa shape index (κ3) is 4.31. The summed E-state index contributed by atoms with van der Waals surface area (Å²) in [5.41, 5.74) is 5.46. The highest BCUT2D eigenvalue weighted by atomic mass is 32.1. The average molecular weight is 437 g/mol. The Hall–Kier alpha value is -2.83. The molecule has 4 rings (SSSR count). The number of ether oxygens (including phenoxy) is 2. The number of benzene rings is 2. The molecule has 0 spiro atoms. The van der Waals surface area contributed by atoms with Crippen molar-refractivity contribution in [3.05, 3.63) is 75.0 Å². The van der Waals surface area contributed by atoms with E-state index in [0.717, 1.165) is 35.5 Å². The molecule has 1 aliphatic rings. The van der Waals surface area contributed by atoms with E-state index in [-0.39, 0.29) is 11.9 Å². The van der Waals surface area contributed by atoms with Gasteiger partial charge >= 0.3 is 0 Å². The lowest BCUT2D eigenvalue weighted by Gasteiger charge is -2.37. The van der Waals surface area contributed by atoms with E-state index in [1.54, 1.807) is 25.6 Å². The van der Waals surface area contributed by atoms with Gasteiger partial charge in [0.15, 0.2) is 11.5 Å². The highest BCUT2D eigenvalue weighted by Gasteiger charge is 2.32. The van der Waals surface area contributed by atoms with Crippen molar-refractivity contribution in [1.82, 2.24) is 4.90 Å². The van der Waals surface area contributed by atoms with Gasteiger partial charge in [-0.15, -0.1) is 11.3 Å². The third-order valence-corrected chi connectivity index (χ3v) is 6.80. The quantitative estimate of drug-likeness (QED) is 0.593. The summed E-state index contributed by atoms with van der Waals surface area (Å²) in [6.45, 7) is 5.16. The summed E-state index contributed by atoms with van der Waals surface area (Å²) >= 11 is 1.71. The number of anilines is 1. The first-order chi connectivity index (χ1) is 15.0. The molecule has 0 radical (unpaired) electrons. The van der Waals surface area contributed by atoms with Crippen molar-refractivity contribution >= 4 is 22.9 Å². The summed E-state index contributed by atoms with van der Waals surface area (Å²) < 4.78 is 11.1. The molecule has 1 amide bonds. The van der Waals surface area contributed by atoms with E-state index in [4.69, 9.17) is 9.47 Å². The van der Waals surface area contributed by atoms with Gasteiger partial charge in [0, 0.05) is 17.1 Å². The summed E-state index contributed by atoms with van der Waals surface area (Å²) in [5, 5.41) is 5.22. The molecule has 0 fully saturated rings. The molecule has 162 valence electrons. The normalized spacial score (nSPS) is 15.9. The van der Waals surface area contributed by atoms with E-state index in [1.807, 2.05) is 32.0 Å². The van der Waals surface area contributed by atoms with Crippen LogP contribution in [-0.2, 0) is 11.2 Å². The minimum atomic E-state index is 0.00267. The zero-order valence-corrected chi connectivity index (χ0v) is 19.2. The number of aryl methyl sites for hydroxylation is 2. The lowest BCUT2D eigenvalue weighted by Crippen LogP contribution is -2.41. The summed E-state index contributed by atoms with van der Waals surface area (Å²) in [4.78, 5) is 16.5. The van der Waals surface area contributed by atoms with Gasteiger partial charge in [-0.1, -0.05) is 24.3 Å². The monoisotopic (exact) mass is 436 g/mol. The van der Waals surface area contributed by atoms with Gasteiger partial charge in [-0.25, -0.2) is 0 Å². The summed E-state index contributed by atoms with van der Waals surface area (Å²) in [6.07, 6.45) is 0.855. The van der Waals surface area contributed by atoms with Crippen molar-refractivity contribution in [3.8, 4) is 11.5 Å². The highest BCUT2D eigenvalue weighted by Crippen LogP contribution is 2.42. The number of thiophene rings is 1. The first kappa shape index (κ1) is 21.4. The second-order valence-electron chi connectivity index (χ2n) is 7.86. The first-order valence-electron chi connectivity index (χ1n) is 10.4. The number of hydrogen-bond acceptors (Lipinski definition) is 5. The Morgan fingerprint density at radius 1 is 1.10 bits per heavy atom. The molecule has 0 bridgehead atoms. The van der Waals surface area contributed by atoms with Crippen molar-refractivity contribution in [1.29, 1.82) is 0 Å². The van der Waals surface area contributed by atoms with E-state index >= 15 is 0 Å². The van der Waals surface area contributed by atoms with E-state index in [9.17, 15) is 4.79 Å². The Balaban J connectivity index is 1.64. The molecule has 3 aromatic rings. The molecular formula is C25H28N2O3S. The maximum atomic E-state index is 13.0. The SMILES string of the molecule is COc1cc2c(cc1OC)C(c1cccs1)N(CC(=O)Nc1c(C)cccc1C)CC2.